The number of hydrogen-bond acceptors (Lipinski definition) is 3. The number of para-hydroxylation sites is 1. The highest BCUT2D eigenvalue weighted by Crippen LogP contribution is 2.18. The van der Waals surface area contributed by atoms with Crippen LogP contribution < -0.4 is 10.1 Å². The van der Waals surface area contributed by atoms with Gasteiger partial charge in [0.05, 0.1) is 12.2 Å². The molecule has 0 bridgehead atoms. The Labute approximate surface area is 151 Å². The summed E-state index contributed by atoms with van der Waals surface area (Å²) in [5, 5.41) is 2.95. The first-order valence-electron chi connectivity index (χ1n) is 8.03. The van der Waals surface area contributed by atoms with Crippen LogP contribution in [0.5, 0.6) is 5.75 Å². The summed E-state index contributed by atoms with van der Waals surface area (Å²) in [4.78, 5) is 12.4. The molecule has 2 rings (SSSR count). The molecule has 0 aliphatic rings. The quantitative estimate of drug-likeness (QED) is 0.660. The maximum absolute atomic E-state index is 12.4. The number of ether oxygens (including phenoxy) is 2. The first-order chi connectivity index (χ1) is 11.7. The minimum atomic E-state index is -0.130. The third-order valence-electron chi connectivity index (χ3n) is 3.46. The largest absolute Gasteiger partial charge is 0.490 e. The van der Waals surface area contributed by atoms with Gasteiger partial charge in [-0.15, -0.1) is 0 Å². The van der Waals surface area contributed by atoms with Crippen LogP contribution in [0.2, 0.25) is 0 Å². The van der Waals surface area contributed by atoms with Gasteiger partial charge in [0.25, 0.3) is 5.91 Å². The molecule has 2 aromatic rings. The van der Waals surface area contributed by atoms with Crippen molar-refractivity contribution in [3.8, 4) is 5.75 Å². The molecule has 0 atom stereocenters. The molecular formula is C19H22BrNO3. The summed E-state index contributed by atoms with van der Waals surface area (Å²) in [5.41, 5.74) is 1.71. The maximum atomic E-state index is 12.4. The Balaban J connectivity index is 1.88. The molecule has 1 N–H and O–H groups in total. The fourth-order valence-electron chi connectivity index (χ4n) is 2.24. The number of hydrogen-bond donors (Lipinski definition) is 1. The van der Waals surface area contributed by atoms with Gasteiger partial charge in [0.1, 0.15) is 12.4 Å². The molecule has 4 nitrogen and oxygen atoms in total. The van der Waals surface area contributed by atoms with Gasteiger partial charge in [0.2, 0.25) is 0 Å². The fourth-order valence-corrected chi connectivity index (χ4v) is 2.73. The van der Waals surface area contributed by atoms with Crippen LogP contribution >= 0.6 is 15.9 Å². The number of nitrogens with one attached hydrogen (secondary N) is 1. The van der Waals surface area contributed by atoms with Crippen molar-refractivity contribution < 1.29 is 14.3 Å². The van der Waals surface area contributed by atoms with E-state index < -0.39 is 0 Å². The molecule has 0 aliphatic heterocycles. The van der Waals surface area contributed by atoms with Crippen molar-refractivity contribution in [2.45, 2.75) is 13.3 Å². The van der Waals surface area contributed by atoms with Crippen molar-refractivity contribution in [3.63, 3.8) is 0 Å². The van der Waals surface area contributed by atoms with Crippen LogP contribution in [0.1, 0.15) is 22.8 Å². The maximum Gasteiger partial charge on any atom is 0.255 e. The molecule has 0 saturated carbocycles. The van der Waals surface area contributed by atoms with E-state index in [0.29, 0.717) is 37.7 Å². The molecule has 0 radical (unpaired) electrons. The van der Waals surface area contributed by atoms with E-state index in [1.165, 1.54) is 5.56 Å². The Morgan fingerprint density at radius 3 is 2.62 bits per heavy atom. The van der Waals surface area contributed by atoms with Crippen LogP contribution in [0.4, 0.5) is 0 Å². The topological polar surface area (TPSA) is 47.6 Å². The van der Waals surface area contributed by atoms with E-state index in [9.17, 15) is 4.79 Å². The van der Waals surface area contributed by atoms with Crippen molar-refractivity contribution in [3.05, 3.63) is 64.1 Å². The Bertz CT molecular complexity index is 661. The summed E-state index contributed by atoms with van der Waals surface area (Å²) in [7, 11) is 0. The van der Waals surface area contributed by atoms with Gasteiger partial charge in [-0.1, -0.05) is 46.3 Å². The monoisotopic (exact) mass is 391 g/mol. The Hall–Kier alpha value is -1.85. The van der Waals surface area contributed by atoms with Crippen LogP contribution in [0.25, 0.3) is 0 Å². The second-order valence-electron chi connectivity index (χ2n) is 5.14. The summed E-state index contributed by atoms with van der Waals surface area (Å²) < 4.78 is 12.0. The lowest BCUT2D eigenvalue weighted by atomic mass is 10.1. The smallest absolute Gasteiger partial charge is 0.255 e. The van der Waals surface area contributed by atoms with E-state index in [4.69, 9.17) is 9.47 Å². The normalized spacial score (nSPS) is 10.4. The predicted octanol–water partition coefficient (Wildman–Crippen LogP) is 3.84. The molecule has 24 heavy (non-hydrogen) atoms. The number of rotatable bonds is 9. The van der Waals surface area contributed by atoms with E-state index >= 15 is 0 Å². The Morgan fingerprint density at radius 2 is 1.83 bits per heavy atom. The third-order valence-corrected chi connectivity index (χ3v) is 4.23. The molecule has 0 fully saturated rings. The zero-order valence-corrected chi connectivity index (χ0v) is 15.3. The van der Waals surface area contributed by atoms with E-state index in [-0.39, 0.29) is 5.91 Å². The highest BCUT2D eigenvalue weighted by Gasteiger charge is 2.11. The van der Waals surface area contributed by atoms with Gasteiger partial charge in [0, 0.05) is 17.6 Å². The van der Waals surface area contributed by atoms with Crippen molar-refractivity contribution in [2.75, 3.05) is 26.4 Å². The molecule has 2 aromatic carbocycles. The first-order valence-corrected chi connectivity index (χ1v) is 8.83. The Morgan fingerprint density at radius 1 is 1.08 bits per heavy atom. The van der Waals surface area contributed by atoms with Crippen LogP contribution in [0.15, 0.2) is 53.0 Å². The average Bonchev–Trinajstić information content (AvgIpc) is 2.60. The van der Waals surface area contributed by atoms with E-state index in [0.717, 1.165) is 10.9 Å². The summed E-state index contributed by atoms with van der Waals surface area (Å²) in [6.07, 6.45) is 0.764. The molecule has 0 saturated heterocycles. The molecule has 128 valence electrons. The number of amides is 1. The van der Waals surface area contributed by atoms with Gasteiger partial charge in [-0.2, -0.15) is 0 Å². The van der Waals surface area contributed by atoms with E-state index in [2.05, 4.69) is 21.2 Å². The fraction of sp³-hybridized carbons (Fsp3) is 0.316. The summed E-state index contributed by atoms with van der Waals surface area (Å²) in [6, 6.07) is 15.3. The molecule has 0 aromatic heterocycles. The zero-order valence-electron chi connectivity index (χ0n) is 13.8. The Kier molecular flexibility index (Phi) is 7.79. The van der Waals surface area contributed by atoms with Crippen molar-refractivity contribution >= 4 is 21.8 Å². The molecular weight excluding hydrogens is 370 g/mol. The number of carbonyl (C=O) groups excluding carboxylic acids is 1. The third kappa shape index (κ3) is 5.65. The van der Waals surface area contributed by atoms with Crippen molar-refractivity contribution in [1.29, 1.82) is 0 Å². The average molecular weight is 392 g/mol. The molecule has 0 aliphatic carbocycles. The van der Waals surface area contributed by atoms with Gasteiger partial charge in [-0.05, 0) is 37.1 Å². The lowest BCUT2D eigenvalue weighted by molar-refractivity contribution is 0.0937. The second-order valence-corrected chi connectivity index (χ2v) is 5.99. The zero-order chi connectivity index (χ0) is 17.2. The second kappa shape index (κ2) is 10.1. The first kappa shape index (κ1) is 18.5. The highest BCUT2D eigenvalue weighted by molar-refractivity contribution is 9.10. The molecule has 0 heterocycles. The number of halogens is 1. The molecule has 1 amide bonds. The minimum Gasteiger partial charge on any atom is -0.490 e. The van der Waals surface area contributed by atoms with Crippen LogP contribution in [0, 0.1) is 0 Å². The molecule has 0 unspecified atom stereocenters. The number of benzene rings is 2. The lowest BCUT2D eigenvalue weighted by Gasteiger charge is -2.12. The number of carbonyl (C=O) groups is 1. The molecule has 5 heteroatoms. The van der Waals surface area contributed by atoms with Crippen molar-refractivity contribution in [2.24, 2.45) is 0 Å². The van der Waals surface area contributed by atoms with Gasteiger partial charge in [0.15, 0.2) is 0 Å². The molecule has 0 spiro atoms. The van der Waals surface area contributed by atoms with Gasteiger partial charge < -0.3 is 14.8 Å². The van der Waals surface area contributed by atoms with Gasteiger partial charge in [-0.3, -0.25) is 4.79 Å². The summed E-state index contributed by atoms with van der Waals surface area (Å²) in [6.45, 7) is 4.09. The van der Waals surface area contributed by atoms with Gasteiger partial charge in [-0.25, -0.2) is 0 Å². The van der Waals surface area contributed by atoms with Gasteiger partial charge >= 0.3 is 0 Å². The van der Waals surface area contributed by atoms with Crippen molar-refractivity contribution in [1.82, 2.24) is 5.32 Å². The lowest BCUT2D eigenvalue weighted by Crippen LogP contribution is -2.26. The van der Waals surface area contributed by atoms with Crippen LogP contribution in [-0.2, 0) is 11.2 Å². The van der Waals surface area contributed by atoms with Crippen LogP contribution in [-0.4, -0.2) is 32.3 Å². The standard InChI is InChI=1S/C19H22BrNO3/c1-2-23-13-14-24-18-10-6-4-8-16(18)19(22)21-12-11-15-7-3-5-9-17(15)20/h3-10H,2,11-14H2,1H3,(H,21,22). The van der Waals surface area contributed by atoms with E-state index in [1.807, 2.05) is 43.3 Å². The predicted molar refractivity (Wildman–Crippen MR) is 98.6 cm³/mol. The minimum absolute atomic E-state index is 0.130. The van der Waals surface area contributed by atoms with Crippen LogP contribution in [0.3, 0.4) is 0 Å². The summed E-state index contributed by atoms with van der Waals surface area (Å²) >= 11 is 3.52. The van der Waals surface area contributed by atoms with E-state index in [1.54, 1.807) is 12.1 Å². The summed E-state index contributed by atoms with van der Waals surface area (Å²) in [5.74, 6) is 0.449. The highest BCUT2D eigenvalue weighted by atomic mass is 79.9. The SMILES string of the molecule is CCOCCOc1ccccc1C(=O)NCCc1ccccc1Br.